The number of ether oxygens (including phenoxy) is 1. The molecule has 1 heterocycles. The minimum Gasteiger partial charge on any atom is -0.496 e. The topological polar surface area (TPSA) is 61.7 Å². The number of benzene rings is 3. The van der Waals surface area contributed by atoms with Gasteiger partial charge in [-0.25, -0.2) is 0 Å². The van der Waals surface area contributed by atoms with E-state index >= 15 is 0 Å². The fourth-order valence-electron chi connectivity index (χ4n) is 4.26. The molecule has 1 atom stereocenters. The van der Waals surface area contributed by atoms with Crippen molar-refractivity contribution in [3.8, 4) is 16.9 Å². The Balaban J connectivity index is 0.00000256. The van der Waals surface area contributed by atoms with E-state index in [1.54, 1.807) is 7.11 Å². The van der Waals surface area contributed by atoms with Gasteiger partial charge in [-0.1, -0.05) is 54.6 Å². The molecule has 3 N–H and O–H groups in total. The van der Waals surface area contributed by atoms with Crippen LogP contribution < -0.4 is 10.1 Å². The summed E-state index contributed by atoms with van der Waals surface area (Å²) >= 11 is 0. The van der Waals surface area contributed by atoms with Crippen molar-refractivity contribution in [2.75, 3.05) is 13.7 Å². The monoisotopic (exact) mass is 425 g/mol. The smallest absolute Gasteiger partial charge is 0.124 e. The molecule has 1 aliphatic heterocycles. The molecular weight excluding hydrogens is 398 g/mol. The maximum atomic E-state index is 9.59. The average Bonchev–Trinajstić information content (AvgIpc) is 2.78. The Bertz CT molecular complexity index is 971. The van der Waals surface area contributed by atoms with E-state index in [0.717, 1.165) is 47.4 Å². The lowest BCUT2D eigenvalue weighted by Crippen LogP contribution is -2.31. The second-order valence-corrected chi connectivity index (χ2v) is 7.50. The molecule has 5 heteroatoms. The molecule has 158 valence electrons. The molecular formula is C25H28ClNO3. The van der Waals surface area contributed by atoms with Crippen LogP contribution in [0.5, 0.6) is 5.75 Å². The van der Waals surface area contributed by atoms with Gasteiger partial charge in [0.2, 0.25) is 0 Å². The van der Waals surface area contributed by atoms with E-state index in [1.165, 1.54) is 16.7 Å². The third-order valence-electron chi connectivity index (χ3n) is 5.72. The summed E-state index contributed by atoms with van der Waals surface area (Å²) in [5, 5.41) is 22.8. The van der Waals surface area contributed by atoms with Gasteiger partial charge in [-0.15, -0.1) is 12.4 Å². The molecule has 30 heavy (non-hydrogen) atoms. The van der Waals surface area contributed by atoms with Crippen molar-refractivity contribution in [3.05, 3.63) is 88.5 Å². The highest BCUT2D eigenvalue weighted by molar-refractivity contribution is 5.85. The predicted molar refractivity (Wildman–Crippen MR) is 122 cm³/mol. The van der Waals surface area contributed by atoms with E-state index in [0.29, 0.717) is 0 Å². The van der Waals surface area contributed by atoms with Gasteiger partial charge in [0.15, 0.2) is 0 Å². The van der Waals surface area contributed by atoms with Crippen molar-refractivity contribution in [2.45, 2.75) is 32.1 Å². The highest BCUT2D eigenvalue weighted by Crippen LogP contribution is 2.35. The van der Waals surface area contributed by atoms with Gasteiger partial charge in [-0.2, -0.15) is 0 Å². The first kappa shape index (κ1) is 22.3. The Labute approximate surface area is 183 Å². The van der Waals surface area contributed by atoms with Crippen molar-refractivity contribution in [1.82, 2.24) is 5.32 Å². The maximum absolute atomic E-state index is 9.59. The summed E-state index contributed by atoms with van der Waals surface area (Å²) in [6.07, 6.45) is 1.80. The van der Waals surface area contributed by atoms with Gasteiger partial charge in [0.25, 0.3) is 0 Å². The molecule has 0 aromatic heterocycles. The van der Waals surface area contributed by atoms with Crippen molar-refractivity contribution < 1.29 is 14.9 Å². The second kappa shape index (κ2) is 10.1. The Kier molecular flexibility index (Phi) is 7.51. The fourth-order valence-corrected chi connectivity index (χ4v) is 4.26. The third-order valence-corrected chi connectivity index (χ3v) is 5.72. The number of rotatable bonds is 6. The molecule has 0 spiro atoms. The molecule has 0 amide bonds. The molecule has 0 radical (unpaired) electrons. The molecule has 4 rings (SSSR count). The summed E-state index contributed by atoms with van der Waals surface area (Å²) in [7, 11) is 1.69. The van der Waals surface area contributed by atoms with Gasteiger partial charge >= 0.3 is 0 Å². The van der Waals surface area contributed by atoms with Gasteiger partial charge in [-0.05, 0) is 58.8 Å². The zero-order valence-electron chi connectivity index (χ0n) is 17.1. The van der Waals surface area contributed by atoms with Crippen LogP contribution in [-0.4, -0.2) is 23.9 Å². The maximum Gasteiger partial charge on any atom is 0.124 e. The van der Waals surface area contributed by atoms with Crippen LogP contribution in [0.25, 0.3) is 11.1 Å². The van der Waals surface area contributed by atoms with E-state index < -0.39 is 0 Å². The normalized spacial score (nSPS) is 15.2. The number of aliphatic hydroxyl groups is 2. The van der Waals surface area contributed by atoms with Crippen LogP contribution in [0.15, 0.2) is 60.7 Å². The minimum atomic E-state index is 0. The summed E-state index contributed by atoms with van der Waals surface area (Å²) in [6.45, 7) is 0.979. The van der Waals surface area contributed by atoms with Crippen LogP contribution in [0, 0.1) is 0 Å². The molecule has 4 nitrogen and oxygen atoms in total. The molecule has 0 fully saturated rings. The first-order chi connectivity index (χ1) is 14.2. The lowest BCUT2D eigenvalue weighted by Gasteiger charge is -2.29. The third kappa shape index (κ3) is 4.52. The molecule has 0 bridgehead atoms. The van der Waals surface area contributed by atoms with Gasteiger partial charge in [0, 0.05) is 11.6 Å². The van der Waals surface area contributed by atoms with Crippen LogP contribution >= 0.6 is 12.4 Å². The number of methoxy groups -OCH3 is 1. The van der Waals surface area contributed by atoms with Crippen LogP contribution in [-0.2, 0) is 26.1 Å². The van der Waals surface area contributed by atoms with Gasteiger partial charge < -0.3 is 20.3 Å². The Morgan fingerprint density at radius 3 is 2.43 bits per heavy atom. The van der Waals surface area contributed by atoms with Gasteiger partial charge in [0.1, 0.15) is 5.75 Å². The lowest BCUT2D eigenvalue weighted by atomic mass is 9.88. The first-order valence-corrected chi connectivity index (χ1v) is 10.1. The summed E-state index contributed by atoms with van der Waals surface area (Å²) < 4.78 is 5.65. The number of hydrogen-bond acceptors (Lipinski definition) is 4. The van der Waals surface area contributed by atoms with Crippen LogP contribution in [0.4, 0.5) is 0 Å². The standard InChI is InChI=1S/C25H27NO3.ClH/c1-29-24-14-18(15-27)12-20-10-11-26-23(25(20)24)13-17-6-8-19(9-7-17)22-5-3-2-4-21(22)16-28;/h2-9,12,14,23,26-28H,10-11,13,15-16H2,1H3;1H. The van der Waals surface area contributed by atoms with E-state index in [2.05, 4.69) is 35.6 Å². The average molecular weight is 426 g/mol. The van der Waals surface area contributed by atoms with Crippen LogP contribution in [0.3, 0.4) is 0 Å². The number of aliphatic hydroxyl groups excluding tert-OH is 2. The summed E-state index contributed by atoms with van der Waals surface area (Å²) in [5.41, 5.74) is 7.72. The minimum absolute atomic E-state index is 0. The van der Waals surface area contributed by atoms with E-state index in [4.69, 9.17) is 4.74 Å². The molecule has 1 unspecified atom stereocenters. The molecule has 3 aromatic rings. The predicted octanol–water partition coefficient (Wildman–Crippen LogP) is 4.20. The quantitative estimate of drug-likeness (QED) is 0.554. The summed E-state index contributed by atoms with van der Waals surface area (Å²) in [5.74, 6) is 0.845. The highest BCUT2D eigenvalue weighted by atomic mass is 35.5. The summed E-state index contributed by atoms with van der Waals surface area (Å²) in [4.78, 5) is 0. The van der Waals surface area contributed by atoms with Gasteiger partial charge in [-0.3, -0.25) is 0 Å². The van der Waals surface area contributed by atoms with Crippen LogP contribution in [0.1, 0.15) is 33.9 Å². The fraction of sp³-hybridized carbons (Fsp3) is 0.280. The molecule has 3 aromatic carbocycles. The Hall–Kier alpha value is -2.37. The lowest BCUT2D eigenvalue weighted by molar-refractivity contribution is 0.280. The Morgan fingerprint density at radius 2 is 1.73 bits per heavy atom. The second-order valence-electron chi connectivity index (χ2n) is 7.50. The molecule has 0 aliphatic carbocycles. The molecule has 0 saturated heterocycles. The van der Waals surface area contributed by atoms with Crippen molar-refractivity contribution in [2.24, 2.45) is 0 Å². The number of hydrogen-bond donors (Lipinski definition) is 3. The van der Waals surface area contributed by atoms with Gasteiger partial charge in [0.05, 0.1) is 20.3 Å². The largest absolute Gasteiger partial charge is 0.496 e. The van der Waals surface area contributed by atoms with Crippen LogP contribution in [0.2, 0.25) is 0 Å². The zero-order chi connectivity index (χ0) is 20.2. The zero-order valence-corrected chi connectivity index (χ0v) is 17.9. The first-order valence-electron chi connectivity index (χ1n) is 10.1. The van der Waals surface area contributed by atoms with Crippen molar-refractivity contribution in [1.29, 1.82) is 0 Å². The number of nitrogens with one attached hydrogen (secondary N) is 1. The van der Waals surface area contributed by atoms with E-state index in [1.807, 2.05) is 30.3 Å². The van der Waals surface area contributed by atoms with Crippen molar-refractivity contribution in [3.63, 3.8) is 0 Å². The van der Waals surface area contributed by atoms with E-state index in [-0.39, 0.29) is 31.7 Å². The molecule has 1 aliphatic rings. The van der Waals surface area contributed by atoms with Crippen molar-refractivity contribution >= 4 is 12.4 Å². The highest BCUT2D eigenvalue weighted by Gasteiger charge is 2.24. The number of fused-ring (bicyclic) bond motifs is 1. The number of halogens is 1. The summed E-state index contributed by atoms with van der Waals surface area (Å²) in [6, 6.07) is 20.7. The van der Waals surface area contributed by atoms with E-state index in [9.17, 15) is 10.2 Å². The molecule has 0 saturated carbocycles. The Morgan fingerprint density at radius 1 is 0.967 bits per heavy atom. The SMILES string of the molecule is COc1cc(CO)cc2c1C(Cc1ccc(-c3ccccc3CO)cc1)NCC2.Cl.